The molecule has 167 valence electrons. The summed E-state index contributed by atoms with van der Waals surface area (Å²) in [4.78, 5) is 22.4. The van der Waals surface area contributed by atoms with E-state index in [1.807, 2.05) is 18.4 Å². The SMILES string of the molecule is N[C@@H](Cc1cc(I)c(Oc2cc(I)c(O)c(I)c2)c(I)c1)C(=O)NCCCCC[C]=O. The molecule has 10 heteroatoms. The average molecular weight is 873 g/mol. The summed E-state index contributed by atoms with van der Waals surface area (Å²) in [7, 11) is 0. The zero-order valence-corrected chi connectivity index (χ0v) is 25.0. The third-order valence-electron chi connectivity index (χ3n) is 4.32. The second-order valence-corrected chi connectivity index (χ2v) is 11.4. The van der Waals surface area contributed by atoms with E-state index >= 15 is 0 Å². The number of nitrogens with two attached hydrogens (primary N) is 1. The fourth-order valence-electron chi connectivity index (χ4n) is 2.74. The van der Waals surface area contributed by atoms with Crippen LogP contribution in [0.25, 0.3) is 0 Å². The lowest BCUT2D eigenvalue weighted by Gasteiger charge is -2.16. The molecule has 0 aliphatic heterocycles. The molecule has 2 aromatic carbocycles. The van der Waals surface area contributed by atoms with Gasteiger partial charge in [0.2, 0.25) is 5.91 Å². The van der Waals surface area contributed by atoms with Crippen molar-refractivity contribution in [3.63, 3.8) is 0 Å². The van der Waals surface area contributed by atoms with Crippen LogP contribution in [0.1, 0.15) is 31.2 Å². The maximum atomic E-state index is 12.3. The molecule has 6 nitrogen and oxygen atoms in total. The van der Waals surface area contributed by atoms with Gasteiger partial charge in [0.1, 0.15) is 11.5 Å². The van der Waals surface area contributed by atoms with E-state index in [1.54, 1.807) is 12.1 Å². The zero-order chi connectivity index (χ0) is 23.0. The van der Waals surface area contributed by atoms with Crippen molar-refractivity contribution >= 4 is 103 Å². The van der Waals surface area contributed by atoms with Crippen molar-refractivity contribution in [1.82, 2.24) is 5.32 Å². The van der Waals surface area contributed by atoms with Gasteiger partial charge in [0.25, 0.3) is 0 Å². The number of phenols is 1. The van der Waals surface area contributed by atoms with Crippen molar-refractivity contribution in [2.24, 2.45) is 5.73 Å². The van der Waals surface area contributed by atoms with Crippen molar-refractivity contribution in [2.45, 2.75) is 38.1 Å². The number of phenolic OH excluding ortho intramolecular Hbond substituents is 1. The van der Waals surface area contributed by atoms with Crippen molar-refractivity contribution in [3.05, 3.63) is 44.1 Å². The molecule has 1 radical (unpaired) electrons. The first-order chi connectivity index (χ1) is 14.7. The standard InChI is InChI=1S/C21H21I4N2O4/c22-14-10-13(11-15(23)19(14)29)31-20-16(24)7-12(8-17(20)25)9-18(26)21(30)27-5-3-1-2-4-6-28/h7-8,10-11,18,29H,1-5,9,26H2,(H,27,30)/t18-/m0/s1. The molecule has 0 spiro atoms. The number of halogens is 4. The average Bonchev–Trinajstić information content (AvgIpc) is 2.71. The second-order valence-electron chi connectivity index (χ2n) is 6.78. The highest BCUT2D eigenvalue weighted by Crippen LogP contribution is 2.36. The maximum Gasteiger partial charge on any atom is 0.237 e. The van der Waals surface area contributed by atoms with Gasteiger partial charge in [0.05, 0.1) is 20.3 Å². The van der Waals surface area contributed by atoms with Gasteiger partial charge in [-0.3, -0.25) is 9.59 Å². The van der Waals surface area contributed by atoms with E-state index in [0.29, 0.717) is 25.1 Å². The number of unbranched alkanes of at least 4 members (excludes halogenated alkanes) is 3. The predicted octanol–water partition coefficient (Wildman–Crippen LogP) is 5.26. The van der Waals surface area contributed by atoms with Crippen LogP contribution in [0.15, 0.2) is 24.3 Å². The van der Waals surface area contributed by atoms with Gasteiger partial charge in [-0.05, 0) is 139 Å². The Morgan fingerprint density at radius 1 is 1.03 bits per heavy atom. The molecule has 4 N–H and O–H groups in total. The number of nitrogens with one attached hydrogen (secondary N) is 1. The fraction of sp³-hybridized carbons (Fsp3) is 0.333. The van der Waals surface area contributed by atoms with E-state index in [1.165, 1.54) is 0 Å². The lowest BCUT2D eigenvalue weighted by atomic mass is 10.1. The van der Waals surface area contributed by atoms with E-state index < -0.39 is 6.04 Å². The highest BCUT2D eigenvalue weighted by atomic mass is 127. The Balaban J connectivity index is 1.98. The van der Waals surface area contributed by atoms with Gasteiger partial charge in [-0.25, -0.2) is 0 Å². The van der Waals surface area contributed by atoms with Crippen LogP contribution in [0.2, 0.25) is 0 Å². The maximum absolute atomic E-state index is 12.3. The molecule has 1 amide bonds. The van der Waals surface area contributed by atoms with Crippen molar-refractivity contribution in [2.75, 3.05) is 6.54 Å². The first-order valence-electron chi connectivity index (χ1n) is 9.45. The molecule has 0 aliphatic rings. The summed E-state index contributed by atoms with van der Waals surface area (Å²) >= 11 is 8.57. The van der Waals surface area contributed by atoms with Crippen LogP contribution in [0.4, 0.5) is 0 Å². The van der Waals surface area contributed by atoms with E-state index in [0.717, 1.165) is 44.9 Å². The lowest BCUT2D eigenvalue weighted by molar-refractivity contribution is -0.122. The molecular weight excluding hydrogens is 852 g/mol. The van der Waals surface area contributed by atoms with E-state index in [9.17, 15) is 14.7 Å². The molecule has 0 heterocycles. The van der Waals surface area contributed by atoms with Gasteiger partial charge in [0.15, 0.2) is 12.0 Å². The van der Waals surface area contributed by atoms with Crippen LogP contribution in [-0.2, 0) is 16.0 Å². The number of aromatic hydroxyl groups is 1. The fourth-order valence-corrected chi connectivity index (χ4v) is 6.56. The largest absolute Gasteiger partial charge is 0.506 e. The molecule has 0 unspecified atom stereocenters. The highest BCUT2D eigenvalue weighted by molar-refractivity contribution is 14.1. The summed E-state index contributed by atoms with van der Waals surface area (Å²) in [5.41, 5.74) is 7.05. The Labute approximate surface area is 236 Å². The molecule has 0 fully saturated rings. The van der Waals surface area contributed by atoms with Gasteiger partial charge < -0.3 is 20.9 Å². The summed E-state index contributed by atoms with van der Waals surface area (Å²) in [5.74, 6) is 1.45. The third kappa shape index (κ3) is 8.73. The first-order valence-corrected chi connectivity index (χ1v) is 13.8. The van der Waals surface area contributed by atoms with Crippen LogP contribution in [0.3, 0.4) is 0 Å². The summed E-state index contributed by atoms with van der Waals surface area (Å²) in [6.45, 7) is 0.553. The smallest absolute Gasteiger partial charge is 0.237 e. The molecule has 0 saturated carbocycles. The van der Waals surface area contributed by atoms with Crippen molar-refractivity contribution in [3.8, 4) is 17.2 Å². The Kier molecular flexibility index (Phi) is 12.1. The third-order valence-corrected chi connectivity index (χ3v) is 7.56. The van der Waals surface area contributed by atoms with Crippen LogP contribution < -0.4 is 15.8 Å². The first kappa shape index (κ1) is 27.3. The molecule has 0 saturated heterocycles. The quantitative estimate of drug-likeness (QED) is 0.212. The normalized spacial score (nSPS) is 11.8. The van der Waals surface area contributed by atoms with E-state index in [-0.39, 0.29) is 11.7 Å². The Morgan fingerprint density at radius 2 is 1.65 bits per heavy atom. The molecule has 2 aromatic rings. The minimum atomic E-state index is -0.637. The minimum absolute atomic E-state index is 0.180. The number of hydrogen-bond acceptors (Lipinski definition) is 5. The summed E-state index contributed by atoms with van der Waals surface area (Å²) in [6, 6.07) is 6.88. The molecule has 31 heavy (non-hydrogen) atoms. The van der Waals surface area contributed by atoms with Gasteiger partial charge in [-0.2, -0.15) is 0 Å². The molecule has 2 rings (SSSR count). The molecule has 1 atom stereocenters. The summed E-state index contributed by atoms with van der Waals surface area (Å²) in [5, 5.41) is 12.8. The Hall–Kier alpha value is 0.0600. The van der Waals surface area contributed by atoms with E-state index in [4.69, 9.17) is 10.5 Å². The lowest BCUT2D eigenvalue weighted by Crippen LogP contribution is -2.42. The molecular formula is C21H21I4N2O4. The number of rotatable bonds is 11. The number of carbonyl (C=O) groups is 1. The predicted molar refractivity (Wildman–Crippen MR) is 154 cm³/mol. The number of amides is 1. The second kappa shape index (κ2) is 13.7. The van der Waals surface area contributed by atoms with Crippen molar-refractivity contribution in [1.29, 1.82) is 0 Å². The monoisotopic (exact) mass is 873 g/mol. The Morgan fingerprint density at radius 3 is 2.23 bits per heavy atom. The van der Waals surface area contributed by atoms with Crippen LogP contribution in [-0.4, -0.2) is 29.9 Å². The van der Waals surface area contributed by atoms with Crippen LogP contribution >= 0.6 is 90.4 Å². The van der Waals surface area contributed by atoms with Crippen molar-refractivity contribution < 1.29 is 19.4 Å². The van der Waals surface area contributed by atoms with Crippen LogP contribution in [0, 0.1) is 14.3 Å². The van der Waals surface area contributed by atoms with Gasteiger partial charge >= 0.3 is 0 Å². The van der Waals surface area contributed by atoms with Gasteiger partial charge in [-0.15, -0.1) is 0 Å². The number of hydrogen-bond donors (Lipinski definition) is 3. The van der Waals surface area contributed by atoms with Gasteiger partial charge in [-0.1, -0.05) is 6.42 Å². The molecule has 0 aliphatic carbocycles. The highest BCUT2D eigenvalue weighted by Gasteiger charge is 2.17. The molecule has 0 aromatic heterocycles. The minimum Gasteiger partial charge on any atom is -0.506 e. The van der Waals surface area contributed by atoms with E-state index in [2.05, 4.69) is 95.7 Å². The zero-order valence-electron chi connectivity index (χ0n) is 16.4. The summed E-state index contributed by atoms with van der Waals surface area (Å²) < 4.78 is 9.36. The van der Waals surface area contributed by atoms with Gasteiger partial charge in [0, 0.05) is 13.0 Å². The van der Waals surface area contributed by atoms with Crippen LogP contribution in [0.5, 0.6) is 17.2 Å². The number of benzene rings is 2. The number of ether oxygens (including phenoxy) is 1. The Bertz CT molecular complexity index is 894. The molecule has 0 bridgehead atoms. The topological polar surface area (TPSA) is 102 Å². The summed E-state index contributed by atoms with van der Waals surface area (Å²) in [6.07, 6.45) is 5.22. The number of carbonyl (C=O) groups excluding carboxylic acids is 2.